The fourth-order valence-electron chi connectivity index (χ4n) is 3.44. The van der Waals surface area contributed by atoms with Crippen molar-refractivity contribution in [2.45, 2.75) is 32.1 Å². The Hall–Kier alpha value is -3.13. The summed E-state index contributed by atoms with van der Waals surface area (Å²) in [4.78, 5) is 29.5. The summed E-state index contributed by atoms with van der Waals surface area (Å²) in [6.07, 6.45) is 9.22. The smallest absolute Gasteiger partial charge is 0.291 e. The van der Waals surface area contributed by atoms with Crippen molar-refractivity contribution < 1.29 is 18.7 Å². The van der Waals surface area contributed by atoms with Gasteiger partial charge in [-0.15, -0.1) is 11.3 Å². The van der Waals surface area contributed by atoms with Gasteiger partial charge in [-0.2, -0.15) is 0 Å². The van der Waals surface area contributed by atoms with Crippen LogP contribution >= 0.6 is 11.3 Å². The van der Waals surface area contributed by atoms with Crippen LogP contribution in [0.25, 0.3) is 0 Å². The Kier molecular flexibility index (Phi) is 6.44. The van der Waals surface area contributed by atoms with Gasteiger partial charge in [0.15, 0.2) is 17.3 Å². The molecular formula is C22H23N3O4S. The highest BCUT2D eigenvalue weighted by Crippen LogP contribution is 2.28. The number of pyridine rings is 1. The molecule has 1 fully saturated rings. The Balaban J connectivity index is 1.37. The van der Waals surface area contributed by atoms with Crippen molar-refractivity contribution >= 4 is 34.0 Å². The molecule has 3 aromatic heterocycles. The Morgan fingerprint density at radius 3 is 2.73 bits per heavy atom. The van der Waals surface area contributed by atoms with Crippen LogP contribution in [0.5, 0.6) is 5.75 Å². The molecule has 0 radical (unpaired) electrons. The first-order valence-corrected chi connectivity index (χ1v) is 10.8. The van der Waals surface area contributed by atoms with E-state index in [1.807, 2.05) is 6.07 Å². The summed E-state index contributed by atoms with van der Waals surface area (Å²) in [5, 5.41) is 6.08. The summed E-state index contributed by atoms with van der Waals surface area (Å²) in [5.41, 5.74) is 0. The van der Waals surface area contributed by atoms with Crippen LogP contribution in [0.2, 0.25) is 0 Å². The lowest BCUT2D eigenvalue weighted by Gasteiger charge is -2.22. The lowest BCUT2D eigenvalue weighted by Crippen LogP contribution is -2.17. The third kappa shape index (κ3) is 5.07. The highest BCUT2D eigenvalue weighted by molar-refractivity contribution is 7.18. The van der Waals surface area contributed by atoms with E-state index >= 15 is 0 Å². The highest BCUT2D eigenvalue weighted by atomic mass is 32.1. The lowest BCUT2D eigenvalue weighted by atomic mass is 9.90. The van der Waals surface area contributed by atoms with Crippen LogP contribution in [0.15, 0.2) is 53.3 Å². The van der Waals surface area contributed by atoms with Gasteiger partial charge < -0.3 is 19.8 Å². The molecule has 0 aliphatic heterocycles. The second-order valence-corrected chi connectivity index (χ2v) is 8.30. The molecule has 0 bridgehead atoms. The maximum absolute atomic E-state index is 12.7. The molecule has 0 aromatic carbocycles. The van der Waals surface area contributed by atoms with Crippen LogP contribution in [0.4, 0.5) is 10.8 Å². The molecule has 0 saturated heterocycles. The number of carbonyl (C=O) groups excluding carboxylic acids is 2. The molecule has 4 rings (SSSR count). The van der Waals surface area contributed by atoms with Gasteiger partial charge in [-0.1, -0.05) is 19.3 Å². The molecule has 8 heteroatoms. The number of nitrogens with one attached hydrogen (secondary N) is 2. The number of carbonyl (C=O) groups is 2. The van der Waals surface area contributed by atoms with E-state index in [9.17, 15) is 9.59 Å². The number of amides is 2. The van der Waals surface area contributed by atoms with Crippen LogP contribution in [0.1, 0.15) is 52.3 Å². The molecule has 30 heavy (non-hydrogen) atoms. The van der Waals surface area contributed by atoms with Crippen molar-refractivity contribution in [1.82, 2.24) is 4.98 Å². The Bertz CT molecular complexity index is 993. The van der Waals surface area contributed by atoms with E-state index in [4.69, 9.17) is 9.15 Å². The number of thiophene rings is 1. The van der Waals surface area contributed by atoms with Crippen molar-refractivity contribution in [3.8, 4) is 5.75 Å². The molecule has 0 unspecified atom stereocenters. The predicted octanol–water partition coefficient (Wildman–Crippen LogP) is 5.20. The SMILES string of the molecule is O=C(Nc1ccc(C(=O)Nc2ncccc2OCC2CCCCC2)s1)c1ccco1. The number of rotatable bonds is 7. The second kappa shape index (κ2) is 9.58. The summed E-state index contributed by atoms with van der Waals surface area (Å²) in [6.45, 7) is 0.635. The molecule has 156 valence electrons. The van der Waals surface area contributed by atoms with Crippen molar-refractivity contribution in [1.29, 1.82) is 0 Å². The number of aromatic nitrogens is 1. The van der Waals surface area contributed by atoms with Crippen molar-refractivity contribution in [2.75, 3.05) is 17.2 Å². The van der Waals surface area contributed by atoms with Crippen LogP contribution < -0.4 is 15.4 Å². The molecule has 1 saturated carbocycles. The fraction of sp³-hybridized carbons (Fsp3) is 0.318. The Morgan fingerprint density at radius 2 is 1.93 bits per heavy atom. The van der Waals surface area contributed by atoms with E-state index in [1.54, 1.807) is 36.5 Å². The summed E-state index contributed by atoms with van der Waals surface area (Å²) >= 11 is 1.17. The van der Waals surface area contributed by atoms with Gasteiger partial charge in [-0.3, -0.25) is 9.59 Å². The average molecular weight is 426 g/mol. The van der Waals surface area contributed by atoms with Crippen LogP contribution in [-0.4, -0.2) is 23.4 Å². The molecule has 1 aliphatic rings. The minimum absolute atomic E-state index is 0.211. The van der Waals surface area contributed by atoms with Crippen LogP contribution in [-0.2, 0) is 0 Å². The summed E-state index contributed by atoms with van der Waals surface area (Å²) < 4.78 is 11.0. The van der Waals surface area contributed by atoms with Crippen LogP contribution in [0.3, 0.4) is 0 Å². The molecule has 2 N–H and O–H groups in total. The van der Waals surface area contributed by atoms with Crippen molar-refractivity contribution in [2.24, 2.45) is 5.92 Å². The monoisotopic (exact) mass is 425 g/mol. The average Bonchev–Trinajstić information content (AvgIpc) is 3.46. The van der Waals surface area contributed by atoms with E-state index in [1.165, 1.54) is 49.7 Å². The molecule has 7 nitrogen and oxygen atoms in total. The molecule has 2 amide bonds. The van der Waals surface area contributed by atoms with E-state index < -0.39 is 0 Å². The molecule has 0 atom stereocenters. The first-order valence-electron chi connectivity index (χ1n) is 10.0. The fourth-order valence-corrected chi connectivity index (χ4v) is 4.24. The number of hydrogen-bond donors (Lipinski definition) is 2. The minimum atomic E-state index is -0.364. The van der Waals surface area contributed by atoms with Gasteiger partial charge >= 0.3 is 0 Å². The van der Waals surface area contributed by atoms with E-state index in [-0.39, 0.29) is 17.6 Å². The van der Waals surface area contributed by atoms with E-state index in [0.29, 0.717) is 34.0 Å². The van der Waals surface area contributed by atoms with Gasteiger partial charge in [0.1, 0.15) is 0 Å². The number of anilines is 2. The lowest BCUT2D eigenvalue weighted by molar-refractivity contribution is 0.0995. The van der Waals surface area contributed by atoms with Gasteiger partial charge in [-0.05, 0) is 55.2 Å². The number of ether oxygens (including phenoxy) is 1. The summed E-state index contributed by atoms with van der Waals surface area (Å²) in [5.74, 6) is 1.06. The van der Waals surface area contributed by atoms with Crippen molar-refractivity contribution in [3.63, 3.8) is 0 Å². The normalized spacial score (nSPS) is 14.3. The molecule has 0 spiro atoms. The predicted molar refractivity (Wildman–Crippen MR) is 115 cm³/mol. The second-order valence-electron chi connectivity index (χ2n) is 7.21. The van der Waals surface area contributed by atoms with Gasteiger partial charge in [0.05, 0.1) is 22.7 Å². The third-order valence-corrected chi connectivity index (χ3v) is 6.01. The largest absolute Gasteiger partial charge is 0.489 e. The number of nitrogens with zero attached hydrogens (tertiary/aromatic N) is 1. The zero-order valence-corrected chi connectivity index (χ0v) is 17.2. The summed E-state index contributed by atoms with van der Waals surface area (Å²) in [6, 6.07) is 10.2. The number of hydrogen-bond acceptors (Lipinski definition) is 6. The summed E-state index contributed by atoms with van der Waals surface area (Å²) in [7, 11) is 0. The zero-order chi connectivity index (χ0) is 20.8. The maximum atomic E-state index is 12.7. The van der Waals surface area contributed by atoms with E-state index in [0.717, 1.165) is 0 Å². The van der Waals surface area contributed by atoms with Gasteiger partial charge in [-0.25, -0.2) is 4.98 Å². The zero-order valence-electron chi connectivity index (χ0n) is 16.4. The Morgan fingerprint density at radius 1 is 1.07 bits per heavy atom. The maximum Gasteiger partial charge on any atom is 0.291 e. The first kappa shape index (κ1) is 20.2. The van der Waals surface area contributed by atoms with Gasteiger partial charge in [0, 0.05) is 6.20 Å². The Labute approximate surface area is 178 Å². The first-order chi connectivity index (χ1) is 14.7. The molecular weight excluding hydrogens is 402 g/mol. The topological polar surface area (TPSA) is 93.5 Å². The molecule has 3 heterocycles. The minimum Gasteiger partial charge on any atom is -0.489 e. The quantitative estimate of drug-likeness (QED) is 0.543. The highest BCUT2D eigenvalue weighted by Gasteiger charge is 2.18. The van der Waals surface area contributed by atoms with E-state index in [2.05, 4.69) is 15.6 Å². The number of furan rings is 1. The molecule has 1 aliphatic carbocycles. The van der Waals surface area contributed by atoms with Crippen molar-refractivity contribution in [3.05, 3.63) is 59.5 Å². The van der Waals surface area contributed by atoms with Crippen LogP contribution in [0, 0.1) is 5.92 Å². The van der Waals surface area contributed by atoms with Gasteiger partial charge in [0.25, 0.3) is 11.8 Å². The molecule has 3 aromatic rings. The van der Waals surface area contributed by atoms with Gasteiger partial charge in [0.2, 0.25) is 0 Å². The standard InChI is InChI=1S/C22H23N3O4S/c26-21(17-9-5-13-28-17)24-19-11-10-18(30-19)22(27)25-20-16(8-4-12-23-20)29-14-15-6-2-1-3-7-15/h4-5,8-13,15H,1-3,6-7,14H2,(H,24,26)(H,23,25,27). The third-order valence-electron chi connectivity index (χ3n) is 5.01.